The van der Waals surface area contributed by atoms with Crippen molar-refractivity contribution < 1.29 is 19.1 Å². The van der Waals surface area contributed by atoms with Gasteiger partial charge in [0.1, 0.15) is 18.3 Å². The van der Waals surface area contributed by atoms with E-state index in [1.165, 1.54) is 0 Å². The van der Waals surface area contributed by atoms with E-state index in [2.05, 4.69) is 16.4 Å². The summed E-state index contributed by atoms with van der Waals surface area (Å²) in [6.07, 6.45) is 9.18. The molecule has 37 heavy (non-hydrogen) atoms. The predicted molar refractivity (Wildman–Crippen MR) is 146 cm³/mol. The van der Waals surface area contributed by atoms with Crippen molar-refractivity contribution in [1.82, 2.24) is 15.2 Å². The minimum Gasteiger partial charge on any atom is -0.493 e. The molecule has 196 valence electrons. The van der Waals surface area contributed by atoms with Crippen molar-refractivity contribution in [3.05, 3.63) is 71.4 Å². The Labute approximate surface area is 219 Å². The third-order valence-electron chi connectivity index (χ3n) is 6.69. The van der Waals surface area contributed by atoms with E-state index in [4.69, 9.17) is 4.74 Å². The van der Waals surface area contributed by atoms with Crippen LogP contribution in [0.1, 0.15) is 60.0 Å². The summed E-state index contributed by atoms with van der Waals surface area (Å²) in [5.41, 5.74) is 3.66. The summed E-state index contributed by atoms with van der Waals surface area (Å²) >= 11 is 0. The Morgan fingerprint density at radius 3 is 2.65 bits per heavy atom. The van der Waals surface area contributed by atoms with E-state index in [1.54, 1.807) is 13.2 Å². The van der Waals surface area contributed by atoms with Crippen LogP contribution in [0.2, 0.25) is 0 Å². The molecule has 7 heteroatoms. The minimum atomic E-state index is -0.430. The highest BCUT2D eigenvalue weighted by atomic mass is 16.5. The molecule has 0 aliphatic rings. The second-order valence-corrected chi connectivity index (χ2v) is 9.23. The first-order valence-electron chi connectivity index (χ1n) is 13.0. The molecular weight excluding hydrogens is 466 g/mol. The van der Waals surface area contributed by atoms with Gasteiger partial charge in [0, 0.05) is 37.2 Å². The molecule has 1 amide bonds. The Morgan fingerprint density at radius 2 is 1.86 bits per heavy atom. The maximum absolute atomic E-state index is 12.4. The number of para-hydroxylation sites is 1. The molecule has 0 saturated heterocycles. The number of aromatic nitrogens is 1. The smallest absolute Gasteiger partial charge is 0.237 e. The van der Waals surface area contributed by atoms with Crippen molar-refractivity contribution in [3.63, 3.8) is 0 Å². The summed E-state index contributed by atoms with van der Waals surface area (Å²) in [7, 11) is 3.46. The van der Waals surface area contributed by atoms with Gasteiger partial charge in [0.25, 0.3) is 0 Å². The predicted octanol–water partition coefficient (Wildman–Crippen LogP) is 4.75. The standard InChI is InChI=1S/C30H37N3O4/c1-31-30(36)28(16-10-19-34)33(2)21-26-23(12-9-13-24(26)22-35)11-5-3-4-8-20-37-29-17-18-32-27-15-7-6-14-25(27)29/h6-7,9,12-15,17-19,22,28H,3-5,8,10-11,16,20-21H2,1-2H3,(H,31,36). The summed E-state index contributed by atoms with van der Waals surface area (Å²) in [5, 5.41) is 3.71. The zero-order valence-electron chi connectivity index (χ0n) is 21.8. The van der Waals surface area contributed by atoms with Gasteiger partial charge in [-0.15, -0.1) is 0 Å². The average molecular weight is 504 g/mol. The first-order chi connectivity index (χ1) is 18.1. The molecule has 0 aliphatic carbocycles. The van der Waals surface area contributed by atoms with Gasteiger partial charge in [-0.3, -0.25) is 19.5 Å². The summed E-state index contributed by atoms with van der Waals surface area (Å²) < 4.78 is 6.02. The number of fused-ring (bicyclic) bond motifs is 1. The third-order valence-corrected chi connectivity index (χ3v) is 6.69. The van der Waals surface area contributed by atoms with Gasteiger partial charge in [-0.2, -0.15) is 0 Å². The Hall–Kier alpha value is -3.58. The van der Waals surface area contributed by atoms with Crippen LogP contribution >= 0.6 is 0 Å². The van der Waals surface area contributed by atoms with Crippen LogP contribution in [0.4, 0.5) is 0 Å². The Morgan fingerprint density at radius 1 is 1.05 bits per heavy atom. The summed E-state index contributed by atoms with van der Waals surface area (Å²) in [5.74, 6) is 0.740. The fraction of sp³-hybridized carbons (Fsp3) is 0.400. The molecule has 3 rings (SSSR count). The van der Waals surface area contributed by atoms with Gasteiger partial charge in [-0.1, -0.05) is 43.2 Å². The second-order valence-electron chi connectivity index (χ2n) is 9.23. The fourth-order valence-electron chi connectivity index (χ4n) is 4.64. The van der Waals surface area contributed by atoms with Gasteiger partial charge in [-0.05, 0) is 62.1 Å². The molecule has 7 nitrogen and oxygen atoms in total. The highest BCUT2D eigenvalue weighted by molar-refractivity contribution is 5.84. The van der Waals surface area contributed by atoms with Gasteiger partial charge >= 0.3 is 0 Å². The molecule has 0 spiro atoms. The lowest BCUT2D eigenvalue weighted by Crippen LogP contribution is -2.44. The number of hydrogen-bond acceptors (Lipinski definition) is 6. The van der Waals surface area contributed by atoms with Crippen LogP contribution in [-0.2, 0) is 22.6 Å². The van der Waals surface area contributed by atoms with Crippen molar-refractivity contribution in [2.45, 2.75) is 57.5 Å². The molecule has 0 radical (unpaired) electrons. The summed E-state index contributed by atoms with van der Waals surface area (Å²) in [6, 6.07) is 15.3. The van der Waals surface area contributed by atoms with Crippen LogP contribution in [0.15, 0.2) is 54.7 Å². The van der Waals surface area contributed by atoms with Crippen LogP contribution in [0.5, 0.6) is 5.75 Å². The Bertz CT molecular complexity index is 1180. The van der Waals surface area contributed by atoms with E-state index in [-0.39, 0.29) is 5.91 Å². The topological polar surface area (TPSA) is 88.6 Å². The molecule has 0 aliphatic heterocycles. The number of rotatable bonds is 16. The number of aldehydes is 2. The van der Waals surface area contributed by atoms with Gasteiger partial charge in [0.2, 0.25) is 5.91 Å². The number of carbonyl (C=O) groups is 3. The summed E-state index contributed by atoms with van der Waals surface area (Å²) in [4.78, 5) is 41.4. The van der Waals surface area contributed by atoms with Gasteiger partial charge in [0.15, 0.2) is 0 Å². The molecule has 1 aromatic heterocycles. The van der Waals surface area contributed by atoms with Gasteiger partial charge < -0.3 is 14.8 Å². The van der Waals surface area contributed by atoms with Gasteiger partial charge in [-0.25, -0.2) is 0 Å². The second kappa shape index (κ2) is 14.9. The highest BCUT2D eigenvalue weighted by Crippen LogP contribution is 2.24. The molecule has 3 aromatic rings. The zero-order chi connectivity index (χ0) is 26.5. The van der Waals surface area contributed by atoms with E-state index in [9.17, 15) is 14.4 Å². The number of pyridine rings is 1. The van der Waals surface area contributed by atoms with Crippen molar-refractivity contribution in [2.75, 3.05) is 20.7 Å². The van der Waals surface area contributed by atoms with Crippen LogP contribution in [0.25, 0.3) is 10.9 Å². The molecule has 0 bridgehead atoms. The first kappa shape index (κ1) is 28.0. The number of likely N-dealkylation sites (N-methyl/N-ethyl adjacent to an activating group) is 2. The SMILES string of the molecule is CNC(=O)C(CCC=O)N(C)Cc1c(C=O)cccc1CCCCCCOc1ccnc2ccccc12. The molecule has 0 fully saturated rings. The number of benzene rings is 2. The minimum absolute atomic E-state index is 0.128. The van der Waals surface area contributed by atoms with E-state index in [0.717, 1.165) is 72.5 Å². The molecular formula is C30H37N3O4. The van der Waals surface area contributed by atoms with E-state index in [0.29, 0.717) is 31.6 Å². The van der Waals surface area contributed by atoms with Crippen molar-refractivity contribution >= 4 is 29.4 Å². The molecule has 1 heterocycles. The zero-order valence-corrected chi connectivity index (χ0v) is 21.8. The highest BCUT2D eigenvalue weighted by Gasteiger charge is 2.23. The normalized spacial score (nSPS) is 11.9. The molecule has 1 atom stereocenters. The number of amides is 1. The van der Waals surface area contributed by atoms with E-state index >= 15 is 0 Å². The van der Waals surface area contributed by atoms with Crippen LogP contribution < -0.4 is 10.1 Å². The molecule has 1 unspecified atom stereocenters. The number of hydrogen-bond donors (Lipinski definition) is 1. The number of ether oxygens (including phenoxy) is 1. The van der Waals surface area contributed by atoms with E-state index in [1.807, 2.05) is 54.4 Å². The number of unbranched alkanes of at least 4 members (excludes halogenated alkanes) is 3. The molecule has 1 N–H and O–H groups in total. The maximum atomic E-state index is 12.4. The summed E-state index contributed by atoms with van der Waals surface area (Å²) in [6.45, 7) is 1.13. The van der Waals surface area contributed by atoms with Crippen molar-refractivity contribution in [2.24, 2.45) is 0 Å². The van der Waals surface area contributed by atoms with Crippen LogP contribution in [-0.4, -0.2) is 55.1 Å². The average Bonchev–Trinajstić information content (AvgIpc) is 2.93. The Balaban J connectivity index is 1.51. The van der Waals surface area contributed by atoms with Gasteiger partial charge in [0.05, 0.1) is 18.2 Å². The molecule has 2 aromatic carbocycles. The fourth-order valence-corrected chi connectivity index (χ4v) is 4.64. The Kier molecular flexibility index (Phi) is 11.2. The van der Waals surface area contributed by atoms with Crippen LogP contribution in [0, 0.1) is 0 Å². The lowest BCUT2D eigenvalue weighted by Gasteiger charge is -2.27. The monoisotopic (exact) mass is 503 g/mol. The number of aryl methyl sites for hydroxylation is 1. The van der Waals surface area contributed by atoms with Crippen LogP contribution in [0.3, 0.4) is 0 Å². The third kappa shape index (κ3) is 7.95. The quantitative estimate of drug-likeness (QED) is 0.224. The van der Waals surface area contributed by atoms with Crippen molar-refractivity contribution in [1.29, 1.82) is 0 Å². The number of nitrogens with one attached hydrogen (secondary N) is 1. The first-order valence-corrected chi connectivity index (χ1v) is 13.0. The largest absolute Gasteiger partial charge is 0.493 e. The van der Waals surface area contributed by atoms with Crippen molar-refractivity contribution in [3.8, 4) is 5.75 Å². The number of carbonyl (C=O) groups excluding carboxylic acids is 3. The molecule has 0 saturated carbocycles. The van der Waals surface area contributed by atoms with E-state index < -0.39 is 6.04 Å². The lowest BCUT2D eigenvalue weighted by molar-refractivity contribution is -0.126. The lowest BCUT2D eigenvalue weighted by atomic mass is 9.96. The number of nitrogens with zero attached hydrogens (tertiary/aromatic N) is 2. The maximum Gasteiger partial charge on any atom is 0.237 e.